The van der Waals surface area contributed by atoms with Gasteiger partial charge in [0, 0.05) is 23.0 Å². The van der Waals surface area contributed by atoms with E-state index in [9.17, 15) is 4.79 Å². The van der Waals surface area contributed by atoms with Gasteiger partial charge in [-0.05, 0) is 54.7 Å². The summed E-state index contributed by atoms with van der Waals surface area (Å²) in [5.41, 5.74) is 1.60. The normalized spacial score (nSPS) is 28.0. The summed E-state index contributed by atoms with van der Waals surface area (Å²) in [6, 6.07) is 8.88. The fraction of sp³-hybridized carbons (Fsp3) is 0.632. The molecule has 3 unspecified atom stereocenters. The molecule has 1 aliphatic carbocycles. The van der Waals surface area contributed by atoms with Crippen molar-refractivity contribution in [2.45, 2.75) is 58.4 Å². The monoisotopic (exact) mass is 363 g/mol. The van der Waals surface area contributed by atoms with Crippen LogP contribution in [-0.4, -0.2) is 23.4 Å². The Morgan fingerprint density at radius 3 is 2.82 bits per heavy atom. The first-order valence-electron chi connectivity index (χ1n) is 8.41. The Kier molecular flexibility index (Phi) is 4.37. The van der Waals surface area contributed by atoms with Crippen LogP contribution in [0.1, 0.15) is 57.9 Å². The minimum atomic E-state index is 0.217. The van der Waals surface area contributed by atoms with Gasteiger partial charge in [-0.25, -0.2) is 0 Å². The van der Waals surface area contributed by atoms with Crippen molar-refractivity contribution in [3.8, 4) is 0 Å². The molecular weight excluding hydrogens is 338 g/mol. The molecule has 0 spiro atoms. The zero-order valence-corrected chi connectivity index (χ0v) is 15.4. The zero-order valence-electron chi connectivity index (χ0n) is 13.8. The van der Waals surface area contributed by atoms with Crippen LogP contribution in [0.4, 0.5) is 0 Å². The molecule has 0 N–H and O–H groups in total. The fourth-order valence-electron chi connectivity index (χ4n) is 3.83. The number of benzene rings is 1. The third-order valence-corrected chi connectivity index (χ3v) is 5.39. The first-order valence-corrected chi connectivity index (χ1v) is 9.20. The van der Waals surface area contributed by atoms with Gasteiger partial charge >= 0.3 is 0 Å². The number of hydrogen-bond donors (Lipinski definition) is 0. The van der Waals surface area contributed by atoms with Crippen molar-refractivity contribution in [1.82, 2.24) is 4.90 Å². The lowest BCUT2D eigenvalue weighted by Crippen LogP contribution is -2.38. The van der Waals surface area contributed by atoms with Gasteiger partial charge in [0.2, 0.25) is 5.91 Å². The highest BCUT2D eigenvalue weighted by atomic mass is 79.9. The molecule has 3 rings (SSSR count). The Balaban J connectivity index is 1.65. The van der Waals surface area contributed by atoms with Gasteiger partial charge in [-0.3, -0.25) is 4.79 Å². The largest absolute Gasteiger partial charge is 0.339 e. The predicted octanol–water partition coefficient (Wildman–Crippen LogP) is 4.98. The molecule has 0 aromatic heterocycles. The summed E-state index contributed by atoms with van der Waals surface area (Å²) in [7, 11) is 0. The third-order valence-electron chi connectivity index (χ3n) is 4.89. The number of nitrogens with zero attached hydrogens (tertiary/aromatic N) is 1. The summed E-state index contributed by atoms with van der Waals surface area (Å²) < 4.78 is 1.11. The van der Waals surface area contributed by atoms with Gasteiger partial charge in [0.15, 0.2) is 0 Å². The van der Waals surface area contributed by atoms with Crippen LogP contribution in [0.15, 0.2) is 28.7 Å². The Morgan fingerprint density at radius 2 is 2.14 bits per heavy atom. The number of hydrogen-bond acceptors (Lipinski definition) is 1. The molecule has 120 valence electrons. The Morgan fingerprint density at radius 1 is 1.36 bits per heavy atom. The van der Waals surface area contributed by atoms with Gasteiger partial charge in [-0.2, -0.15) is 0 Å². The van der Waals surface area contributed by atoms with Gasteiger partial charge in [0.25, 0.3) is 0 Å². The van der Waals surface area contributed by atoms with Crippen LogP contribution < -0.4 is 0 Å². The predicted molar refractivity (Wildman–Crippen MR) is 93.8 cm³/mol. The van der Waals surface area contributed by atoms with E-state index in [1.165, 1.54) is 18.4 Å². The van der Waals surface area contributed by atoms with E-state index in [1.54, 1.807) is 0 Å². The highest BCUT2D eigenvalue weighted by Crippen LogP contribution is 2.49. The van der Waals surface area contributed by atoms with Crippen molar-refractivity contribution in [1.29, 1.82) is 0 Å². The maximum atomic E-state index is 12.9. The molecule has 2 fully saturated rings. The molecule has 1 heterocycles. The van der Waals surface area contributed by atoms with Gasteiger partial charge in [-0.1, -0.05) is 48.8 Å². The average molecular weight is 364 g/mol. The number of carbonyl (C=O) groups is 1. The number of likely N-dealkylation sites (tertiary alicyclic amines) is 1. The quantitative estimate of drug-likeness (QED) is 0.741. The second-order valence-corrected chi connectivity index (χ2v) is 9.01. The molecule has 1 aliphatic heterocycles. The molecule has 0 radical (unpaired) electrons. The van der Waals surface area contributed by atoms with Crippen LogP contribution in [-0.2, 0) is 4.79 Å². The van der Waals surface area contributed by atoms with E-state index in [2.05, 4.69) is 59.8 Å². The highest BCUT2D eigenvalue weighted by Gasteiger charge is 2.47. The standard InChI is InChI=1S/C19H26BrNO/c1-19(2,3)12-15-8-5-9-21(15)18(22)17-11-16(17)13-6-4-7-14(20)10-13/h4,6-7,10,15-17H,5,8-9,11-12H2,1-3H3. The summed E-state index contributed by atoms with van der Waals surface area (Å²) in [5.74, 6) is 1.05. The van der Waals surface area contributed by atoms with Crippen molar-refractivity contribution in [2.24, 2.45) is 11.3 Å². The fourth-order valence-corrected chi connectivity index (χ4v) is 4.25. The molecule has 3 atom stereocenters. The van der Waals surface area contributed by atoms with Crippen molar-refractivity contribution in [3.05, 3.63) is 34.3 Å². The molecule has 3 heteroatoms. The van der Waals surface area contributed by atoms with Crippen LogP contribution in [0.5, 0.6) is 0 Å². The van der Waals surface area contributed by atoms with E-state index in [-0.39, 0.29) is 5.92 Å². The zero-order chi connectivity index (χ0) is 15.9. The maximum Gasteiger partial charge on any atom is 0.226 e. The minimum Gasteiger partial charge on any atom is -0.339 e. The maximum absolute atomic E-state index is 12.9. The van der Waals surface area contributed by atoms with E-state index >= 15 is 0 Å². The third kappa shape index (κ3) is 3.56. The van der Waals surface area contributed by atoms with Crippen molar-refractivity contribution >= 4 is 21.8 Å². The van der Waals surface area contributed by atoms with Crippen LogP contribution in [0.25, 0.3) is 0 Å². The summed E-state index contributed by atoms with van der Waals surface area (Å²) in [6.07, 6.45) is 4.49. The van der Waals surface area contributed by atoms with Crippen LogP contribution >= 0.6 is 15.9 Å². The Labute approximate surface area is 142 Å². The number of rotatable bonds is 3. The molecular formula is C19H26BrNO. The van der Waals surface area contributed by atoms with E-state index in [0.29, 0.717) is 23.3 Å². The lowest BCUT2D eigenvalue weighted by Gasteiger charge is -2.30. The molecule has 1 aromatic rings. The minimum absolute atomic E-state index is 0.217. The average Bonchev–Trinajstić information content (AvgIpc) is 3.10. The molecule has 2 nitrogen and oxygen atoms in total. The van der Waals surface area contributed by atoms with Crippen LogP contribution in [0.2, 0.25) is 0 Å². The Hall–Kier alpha value is -0.830. The second-order valence-electron chi connectivity index (χ2n) is 8.10. The summed E-state index contributed by atoms with van der Waals surface area (Å²) in [6.45, 7) is 7.78. The molecule has 22 heavy (non-hydrogen) atoms. The summed E-state index contributed by atoms with van der Waals surface area (Å²) >= 11 is 3.53. The molecule has 1 saturated heterocycles. The lowest BCUT2D eigenvalue weighted by atomic mass is 9.87. The van der Waals surface area contributed by atoms with Gasteiger partial charge in [-0.15, -0.1) is 0 Å². The lowest BCUT2D eigenvalue weighted by molar-refractivity contribution is -0.133. The SMILES string of the molecule is CC(C)(C)CC1CCCN1C(=O)C1CC1c1cccc(Br)c1. The van der Waals surface area contributed by atoms with Gasteiger partial charge in [0.1, 0.15) is 0 Å². The highest BCUT2D eigenvalue weighted by molar-refractivity contribution is 9.10. The molecule has 2 aliphatic rings. The first kappa shape index (κ1) is 16.0. The topological polar surface area (TPSA) is 20.3 Å². The van der Waals surface area contributed by atoms with Gasteiger partial charge < -0.3 is 4.90 Å². The van der Waals surface area contributed by atoms with Crippen molar-refractivity contribution < 1.29 is 4.79 Å². The molecule has 1 saturated carbocycles. The van der Waals surface area contributed by atoms with E-state index in [4.69, 9.17) is 0 Å². The smallest absolute Gasteiger partial charge is 0.226 e. The van der Waals surface area contributed by atoms with E-state index in [0.717, 1.165) is 23.9 Å². The van der Waals surface area contributed by atoms with E-state index < -0.39 is 0 Å². The van der Waals surface area contributed by atoms with Crippen molar-refractivity contribution in [2.75, 3.05) is 6.54 Å². The first-order chi connectivity index (χ1) is 10.3. The van der Waals surface area contributed by atoms with E-state index in [1.807, 2.05) is 6.07 Å². The molecule has 1 aromatic carbocycles. The second kappa shape index (κ2) is 5.99. The molecule has 1 amide bonds. The van der Waals surface area contributed by atoms with Crippen LogP contribution in [0.3, 0.4) is 0 Å². The Bertz CT molecular complexity index is 563. The van der Waals surface area contributed by atoms with Crippen molar-refractivity contribution in [3.63, 3.8) is 0 Å². The van der Waals surface area contributed by atoms with Crippen LogP contribution in [0, 0.1) is 11.3 Å². The summed E-state index contributed by atoms with van der Waals surface area (Å²) in [5, 5.41) is 0. The van der Waals surface area contributed by atoms with Gasteiger partial charge in [0.05, 0.1) is 0 Å². The number of amides is 1. The molecule has 0 bridgehead atoms. The number of halogens is 1. The number of carbonyl (C=O) groups excluding carboxylic acids is 1. The summed E-state index contributed by atoms with van der Waals surface area (Å²) in [4.78, 5) is 15.1.